The van der Waals surface area contributed by atoms with E-state index in [0.29, 0.717) is 19.3 Å². The maximum Gasteiger partial charge on any atom is 0.240 e. The number of amides is 1. The first-order valence-electron chi connectivity index (χ1n) is 5.81. The van der Waals surface area contributed by atoms with Gasteiger partial charge < -0.3 is 5.32 Å². The summed E-state index contributed by atoms with van der Waals surface area (Å²) in [5.41, 5.74) is -1.02. The van der Waals surface area contributed by atoms with Crippen LogP contribution in [0.5, 0.6) is 0 Å². The van der Waals surface area contributed by atoms with Gasteiger partial charge in [0.2, 0.25) is 5.91 Å². The molecule has 1 aliphatic rings. The Morgan fingerprint density at radius 3 is 2.41 bits per heavy atom. The average molecular weight is 258 g/mol. The van der Waals surface area contributed by atoms with E-state index in [0.717, 1.165) is 0 Å². The van der Waals surface area contributed by atoms with Gasteiger partial charge in [-0.25, -0.2) is 8.42 Å². The molecule has 17 heavy (non-hydrogen) atoms. The van der Waals surface area contributed by atoms with E-state index < -0.39 is 15.3 Å². The highest BCUT2D eigenvalue weighted by Gasteiger charge is 2.38. The number of nitriles is 1. The lowest BCUT2D eigenvalue weighted by Crippen LogP contribution is -2.45. The first kappa shape index (κ1) is 14.0. The predicted molar refractivity (Wildman–Crippen MR) is 63.8 cm³/mol. The van der Waals surface area contributed by atoms with Crippen LogP contribution in [0, 0.1) is 16.7 Å². The van der Waals surface area contributed by atoms with Crippen LogP contribution in [0.2, 0.25) is 0 Å². The molecule has 1 rings (SSSR count). The molecule has 1 heterocycles. The van der Waals surface area contributed by atoms with Crippen LogP contribution in [-0.2, 0) is 14.6 Å². The molecule has 0 bridgehead atoms. The van der Waals surface area contributed by atoms with Gasteiger partial charge in [0.1, 0.15) is 5.41 Å². The Bertz CT molecular complexity index is 432. The van der Waals surface area contributed by atoms with Crippen LogP contribution in [0.1, 0.15) is 33.1 Å². The van der Waals surface area contributed by atoms with Gasteiger partial charge in [-0.15, -0.1) is 0 Å². The monoisotopic (exact) mass is 258 g/mol. The quantitative estimate of drug-likeness (QED) is 0.800. The normalized spacial score (nSPS) is 23.0. The Labute approximate surface area is 102 Å². The highest BCUT2D eigenvalue weighted by molar-refractivity contribution is 7.91. The van der Waals surface area contributed by atoms with Crippen molar-refractivity contribution in [3.8, 4) is 6.07 Å². The van der Waals surface area contributed by atoms with E-state index in [1.807, 2.05) is 6.07 Å². The molecule has 1 saturated heterocycles. The van der Waals surface area contributed by atoms with Gasteiger partial charge in [-0.3, -0.25) is 4.79 Å². The highest BCUT2D eigenvalue weighted by atomic mass is 32.2. The minimum Gasteiger partial charge on any atom is -0.351 e. The molecule has 1 amide bonds. The summed E-state index contributed by atoms with van der Waals surface area (Å²) in [4.78, 5) is 12.0. The third-order valence-corrected chi connectivity index (χ3v) is 5.19. The second-order valence-electron chi connectivity index (χ2n) is 4.47. The Balaban J connectivity index is 2.70. The fraction of sp³-hybridized carbons (Fsp3) is 0.818. The molecule has 0 spiro atoms. The Hall–Kier alpha value is -1.09. The fourth-order valence-corrected chi connectivity index (χ4v) is 3.69. The van der Waals surface area contributed by atoms with E-state index in [4.69, 9.17) is 5.26 Å². The van der Waals surface area contributed by atoms with Gasteiger partial charge in [-0.2, -0.15) is 5.26 Å². The van der Waals surface area contributed by atoms with Gasteiger partial charge >= 0.3 is 0 Å². The van der Waals surface area contributed by atoms with Gasteiger partial charge in [0.15, 0.2) is 9.84 Å². The molecule has 0 aromatic heterocycles. The number of hydrogen-bond donors (Lipinski definition) is 1. The van der Waals surface area contributed by atoms with Crippen LogP contribution in [0.4, 0.5) is 0 Å². The van der Waals surface area contributed by atoms with Crippen LogP contribution in [-0.4, -0.2) is 31.9 Å². The molecule has 1 aliphatic heterocycles. The summed E-state index contributed by atoms with van der Waals surface area (Å²) in [6.45, 7) is 3.58. The minimum atomic E-state index is -3.00. The molecule has 5 nitrogen and oxygen atoms in total. The number of nitrogens with one attached hydrogen (secondary N) is 1. The number of carbonyl (C=O) groups is 1. The van der Waals surface area contributed by atoms with Gasteiger partial charge in [-0.1, -0.05) is 13.8 Å². The molecule has 0 aromatic carbocycles. The third-order valence-electron chi connectivity index (χ3n) is 3.42. The van der Waals surface area contributed by atoms with E-state index in [2.05, 4.69) is 5.32 Å². The summed E-state index contributed by atoms with van der Waals surface area (Å²) in [6, 6.07) is 1.71. The SMILES string of the molecule is CCC(C#N)(CC)C(=O)NC1CCS(=O)(=O)C1. The molecule has 1 unspecified atom stereocenters. The number of nitrogens with zero attached hydrogens (tertiary/aromatic N) is 1. The lowest BCUT2D eigenvalue weighted by molar-refractivity contribution is -0.129. The van der Waals surface area contributed by atoms with Crippen LogP contribution in [0.25, 0.3) is 0 Å². The van der Waals surface area contributed by atoms with Crippen molar-refractivity contribution in [3.63, 3.8) is 0 Å². The Morgan fingerprint density at radius 2 is 2.06 bits per heavy atom. The van der Waals surface area contributed by atoms with Crippen molar-refractivity contribution in [2.75, 3.05) is 11.5 Å². The first-order valence-corrected chi connectivity index (χ1v) is 7.64. The molecule has 1 fully saturated rings. The summed E-state index contributed by atoms with van der Waals surface area (Å²) >= 11 is 0. The summed E-state index contributed by atoms with van der Waals surface area (Å²) < 4.78 is 22.5. The third kappa shape index (κ3) is 2.97. The zero-order valence-corrected chi connectivity index (χ0v) is 11.0. The summed E-state index contributed by atoms with van der Waals surface area (Å²) in [5, 5.41) is 11.8. The molecule has 0 aromatic rings. The number of rotatable bonds is 4. The topological polar surface area (TPSA) is 87.0 Å². The standard InChI is InChI=1S/C11H18N2O3S/c1-3-11(4-2,8-12)10(14)13-9-5-6-17(15,16)7-9/h9H,3-7H2,1-2H3,(H,13,14). The van der Waals surface area contributed by atoms with Crippen LogP contribution in [0.3, 0.4) is 0 Å². The van der Waals surface area contributed by atoms with E-state index in [1.165, 1.54) is 0 Å². The van der Waals surface area contributed by atoms with Gasteiger partial charge in [0.05, 0.1) is 17.6 Å². The second kappa shape index (κ2) is 5.05. The van der Waals surface area contributed by atoms with Crippen molar-refractivity contribution in [1.82, 2.24) is 5.32 Å². The highest BCUT2D eigenvalue weighted by Crippen LogP contribution is 2.26. The summed E-state index contributed by atoms with van der Waals surface area (Å²) in [6.07, 6.45) is 1.32. The van der Waals surface area contributed by atoms with Crippen LogP contribution >= 0.6 is 0 Å². The first-order chi connectivity index (χ1) is 7.89. The molecule has 0 aliphatic carbocycles. The van der Waals surface area contributed by atoms with Crippen molar-refractivity contribution >= 4 is 15.7 Å². The lowest BCUT2D eigenvalue weighted by atomic mass is 9.83. The lowest BCUT2D eigenvalue weighted by Gasteiger charge is -2.24. The average Bonchev–Trinajstić information content (AvgIpc) is 2.61. The van der Waals surface area contributed by atoms with Gasteiger partial charge in [-0.05, 0) is 19.3 Å². The van der Waals surface area contributed by atoms with E-state index in [9.17, 15) is 13.2 Å². The largest absolute Gasteiger partial charge is 0.351 e. The summed E-state index contributed by atoms with van der Waals surface area (Å²) in [5.74, 6) is -0.226. The van der Waals surface area contributed by atoms with E-state index in [1.54, 1.807) is 13.8 Å². The van der Waals surface area contributed by atoms with Gasteiger partial charge in [0.25, 0.3) is 0 Å². The molecule has 0 saturated carbocycles. The molecule has 0 radical (unpaired) electrons. The number of carbonyl (C=O) groups excluding carboxylic acids is 1. The number of sulfone groups is 1. The molecule has 96 valence electrons. The molecular formula is C11H18N2O3S. The number of hydrogen-bond acceptors (Lipinski definition) is 4. The Kier molecular flexibility index (Phi) is 4.15. The van der Waals surface area contributed by atoms with Gasteiger partial charge in [0, 0.05) is 6.04 Å². The summed E-state index contributed by atoms with van der Waals surface area (Å²) in [7, 11) is -3.00. The zero-order chi connectivity index (χ0) is 13.1. The maximum absolute atomic E-state index is 12.0. The van der Waals surface area contributed by atoms with E-state index >= 15 is 0 Å². The molecular weight excluding hydrogens is 240 g/mol. The Morgan fingerprint density at radius 1 is 1.47 bits per heavy atom. The maximum atomic E-state index is 12.0. The van der Waals surface area contributed by atoms with Crippen LogP contribution < -0.4 is 5.32 Å². The van der Waals surface area contributed by atoms with Crippen molar-refractivity contribution in [3.05, 3.63) is 0 Å². The molecule has 6 heteroatoms. The fourth-order valence-electron chi connectivity index (χ4n) is 2.01. The smallest absolute Gasteiger partial charge is 0.240 e. The second-order valence-corrected chi connectivity index (χ2v) is 6.70. The molecule has 1 atom stereocenters. The van der Waals surface area contributed by atoms with Crippen molar-refractivity contribution in [1.29, 1.82) is 5.26 Å². The van der Waals surface area contributed by atoms with Crippen molar-refractivity contribution in [2.24, 2.45) is 5.41 Å². The van der Waals surface area contributed by atoms with Crippen molar-refractivity contribution in [2.45, 2.75) is 39.2 Å². The van der Waals surface area contributed by atoms with Crippen molar-refractivity contribution < 1.29 is 13.2 Å². The van der Waals surface area contributed by atoms with E-state index in [-0.39, 0.29) is 23.5 Å². The predicted octanol–water partition coefficient (Wildman–Crippen LogP) is 0.620. The minimum absolute atomic E-state index is 0.00627. The zero-order valence-electron chi connectivity index (χ0n) is 10.2. The molecule has 1 N–H and O–H groups in total. The van der Waals surface area contributed by atoms with Crippen LogP contribution in [0.15, 0.2) is 0 Å².